The van der Waals surface area contributed by atoms with Gasteiger partial charge in [-0.3, -0.25) is 4.79 Å². The lowest BCUT2D eigenvalue weighted by Crippen LogP contribution is -2.22. The van der Waals surface area contributed by atoms with Gasteiger partial charge in [-0.1, -0.05) is 48.0 Å². The molecule has 0 saturated carbocycles. The highest BCUT2D eigenvalue weighted by atomic mass is 16.5. The number of nitrogens with zero attached hydrogens (tertiary/aromatic N) is 1. The van der Waals surface area contributed by atoms with Crippen molar-refractivity contribution in [1.29, 1.82) is 5.26 Å². The molecule has 166 valence electrons. The molecule has 0 aliphatic heterocycles. The number of aromatic carboxylic acids is 1. The largest absolute Gasteiger partial charge is 0.545 e. The number of hydrogen-bond donors (Lipinski definition) is 1. The van der Waals surface area contributed by atoms with E-state index >= 15 is 0 Å². The Morgan fingerprint density at radius 2 is 1.82 bits per heavy atom. The standard InChI is InChI=1S/C26H22N2O5/c1-17-6-8-18(9-7-17)16-33-23-11-10-19(13-24(23)32-2)12-21(15-27)25(29)28-22-5-3-4-20(14-22)26(30)31/h3-14H,16H2,1-2H3,(H,28,29)(H,30,31)/p-1/b21-12+. The Morgan fingerprint density at radius 1 is 1.06 bits per heavy atom. The van der Waals surface area contributed by atoms with Crippen LogP contribution in [0.3, 0.4) is 0 Å². The van der Waals surface area contributed by atoms with Crippen molar-refractivity contribution in [1.82, 2.24) is 0 Å². The van der Waals surface area contributed by atoms with Crippen LogP contribution in [0.4, 0.5) is 5.69 Å². The molecule has 0 aliphatic rings. The highest BCUT2D eigenvalue weighted by Crippen LogP contribution is 2.30. The van der Waals surface area contributed by atoms with Gasteiger partial charge in [0.25, 0.3) is 5.91 Å². The monoisotopic (exact) mass is 441 g/mol. The number of rotatable bonds is 8. The number of amides is 1. The number of benzene rings is 3. The number of carbonyl (C=O) groups is 2. The minimum absolute atomic E-state index is 0.0822. The summed E-state index contributed by atoms with van der Waals surface area (Å²) in [6.07, 6.45) is 1.41. The fourth-order valence-electron chi connectivity index (χ4n) is 2.98. The molecular formula is C26H21N2O5-. The predicted molar refractivity (Wildman–Crippen MR) is 121 cm³/mol. The number of carbonyl (C=O) groups excluding carboxylic acids is 2. The second-order valence-corrected chi connectivity index (χ2v) is 7.18. The van der Waals surface area contributed by atoms with Crippen LogP contribution in [0.25, 0.3) is 6.08 Å². The number of carboxylic acids is 1. The van der Waals surface area contributed by atoms with E-state index in [0.717, 1.165) is 11.1 Å². The van der Waals surface area contributed by atoms with Crippen LogP contribution in [0, 0.1) is 18.3 Å². The number of ether oxygens (including phenoxy) is 2. The Kier molecular flexibility index (Phi) is 7.45. The van der Waals surface area contributed by atoms with Gasteiger partial charge in [-0.2, -0.15) is 5.26 Å². The summed E-state index contributed by atoms with van der Waals surface area (Å²) < 4.78 is 11.3. The first-order valence-corrected chi connectivity index (χ1v) is 10.0. The van der Waals surface area contributed by atoms with E-state index in [1.807, 2.05) is 37.3 Å². The number of hydrogen-bond acceptors (Lipinski definition) is 6. The SMILES string of the molecule is COc1cc(/C=C(\C#N)C(=O)Nc2cccc(C(=O)[O-])c2)ccc1OCc1ccc(C)cc1. The molecule has 0 aliphatic carbocycles. The third kappa shape index (κ3) is 6.21. The molecule has 0 fully saturated rings. The molecular weight excluding hydrogens is 420 g/mol. The number of nitriles is 1. The first-order chi connectivity index (χ1) is 15.9. The molecule has 0 atom stereocenters. The molecule has 3 rings (SSSR count). The molecule has 0 radical (unpaired) electrons. The number of methoxy groups -OCH3 is 1. The van der Waals surface area contributed by atoms with Gasteiger partial charge < -0.3 is 24.7 Å². The fourth-order valence-corrected chi connectivity index (χ4v) is 2.98. The number of nitrogens with one attached hydrogen (secondary N) is 1. The van der Waals surface area contributed by atoms with E-state index in [2.05, 4.69) is 5.32 Å². The molecule has 0 saturated heterocycles. The summed E-state index contributed by atoms with van der Waals surface area (Å²) in [5.74, 6) is -1.06. The minimum Gasteiger partial charge on any atom is -0.545 e. The maximum absolute atomic E-state index is 12.5. The fraction of sp³-hybridized carbons (Fsp3) is 0.115. The van der Waals surface area contributed by atoms with Crippen LogP contribution in [-0.2, 0) is 11.4 Å². The van der Waals surface area contributed by atoms with Crippen LogP contribution in [0.1, 0.15) is 27.0 Å². The molecule has 0 heterocycles. The summed E-state index contributed by atoms with van der Waals surface area (Å²) >= 11 is 0. The van der Waals surface area contributed by atoms with Crippen molar-refractivity contribution in [3.63, 3.8) is 0 Å². The van der Waals surface area contributed by atoms with Crippen LogP contribution in [-0.4, -0.2) is 19.0 Å². The second kappa shape index (κ2) is 10.6. The smallest absolute Gasteiger partial charge is 0.266 e. The van der Waals surface area contributed by atoms with Crippen LogP contribution in [0.15, 0.2) is 72.3 Å². The van der Waals surface area contributed by atoms with E-state index in [0.29, 0.717) is 23.7 Å². The molecule has 0 bridgehead atoms. The summed E-state index contributed by atoms with van der Waals surface area (Å²) in [6, 6.07) is 20.5. The van der Waals surface area contributed by atoms with Gasteiger partial charge in [-0.05, 0) is 54.0 Å². The van der Waals surface area contributed by atoms with Gasteiger partial charge in [0, 0.05) is 5.69 Å². The van der Waals surface area contributed by atoms with E-state index in [1.165, 1.54) is 37.5 Å². The average molecular weight is 441 g/mol. The molecule has 3 aromatic rings. The van der Waals surface area contributed by atoms with Crippen molar-refractivity contribution >= 4 is 23.6 Å². The first-order valence-electron chi connectivity index (χ1n) is 10.0. The van der Waals surface area contributed by atoms with E-state index in [-0.39, 0.29) is 16.8 Å². The van der Waals surface area contributed by atoms with Crippen LogP contribution >= 0.6 is 0 Å². The zero-order valence-electron chi connectivity index (χ0n) is 18.1. The Bertz CT molecular complexity index is 1240. The third-order valence-electron chi connectivity index (χ3n) is 4.73. The van der Waals surface area contributed by atoms with E-state index in [1.54, 1.807) is 18.2 Å². The molecule has 7 nitrogen and oxygen atoms in total. The van der Waals surface area contributed by atoms with Crippen LogP contribution < -0.4 is 19.9 Å². The molecule has 1 N–H and O–H groups in total. The zero-order valence-corrected chi connectivity index (χ0v) is 18.1. The molecule has 33 heavy (non-hydrogen) atoms. The van der Waals surface area contributed by atoms with E-state index in [9.17, 15) is 20.0 Å². The minimum atomic E-state index is -1.36. The summed E-state index contributed by atoms with van der Waals surface area (Å²) in [6.45, 7) is 2.38. The quantitative estimate of drug-likeness (QED) is 0.423. The predicted octanol–water partition coefficient (Wildman–Crippen LogP) is 3.49. The third-order valence-corrected chi connectivity index (χ3v) is 4.73. The van der Waals surface area contributed by atoms with Gasteiger partial charge in [-0.25, -0.2) is 0 Å². The number of anilines is 1. The van der Waals surface area contributed by atoms with Gasteiger partial charge in [0.1, 0.15) is 18.2 Å². The van der Waals surface area contributed by atoms with Crippen LogP contribution in [0.5, 0.6) is 11.5 Å². The maximum atomic E-state index is 12.5. The van der Waals surface area contributed by atoms with Gasteiger partial charge in [-0.15, -0.1) is 0 Å². The summed E-state index contributed by atoms with van der Waals surface area (Å²) in [5, 5.41) is 23.0. The molecule has 0 unspecified atom stereocenters. The van der Waals surface area contributed by atoms with Crippen molar-refractivity contribution in [2.45, 2.75) is 13.5 Å². The molecule has 3 aromatic carbocycles. The van der Waals surface area contributed by atoms with Crippen molar-refractivity contribution < 1.29 is 24.2 Å². The lowest BCUT2D eigenvalue weighted by Gasteiger charge is -2.12. The Morgan fingerprint density at radius 3 is 2.48 bits per heavy atom. The molecule has 0 spiro atoms. The van der Waals surface area contributed by atoms with E-state index in [4.69, 9.17) is 9.47 Å². The Balaban J connectivity index is 1.75. The van der Waals surface area contributed by atoms with Crippen molar-refractivity contribution in [3.8, 4) is 17.6 Å². The average Bonchev–Trinajstić information content (AvgIpc) is 2.82. The number of carboxylic acid groups (broad SMARTS) is 1. The topological polar surface area (TPSA) is 111 Å². The van der Waals surface area contributed by atoms with Crippen LogP contribution in [0.2, 0.25) is 0 Å². The van der Waals surface area contributed by atoms with Gasteiger partial charge in [0.15, 0.2) is 11.5 Å². The Hall–Kier alpha value is -4.57. The zero-order chi connectivity index (χ0) is 23.8. The first kappa shape index (κ1) is 23.1. The second-order valence-electron chi connectivity index (χ2n) is 7.18. The summed E-state index contributed by atoms with van der Waals surface area (Å²) in [4.78, 5) is 23.5. The van der Waals surface area contributed by atoms with Gasteiger partial charge in [0.2, 0.25) is 0 Å². The van der Waals surface area contributed by atoms with Gasteiger partial charge in [0.05, 0.1) is 13.1 Å². The lowest BCUT2D eigenvalue weighted by atomic mass is 10.1. The highest BCUT2D eigenvalue weighted by Gasteiger charge is 2.12. The molecule has 1 amide bonds. The normalized spacial score (nSPS) is 10.8. The summed E-state index contributed by atoms with van der Waals surface area (Å²) in [5.41, 5.74) is 2.73. The Labute approximate surface area is 191 Å². The highest BCUT2D eigenvalue weighted by molar-refractivity contribution is 6.10. The molecule has 0 aromatic heterocycles. The van der Waals surface area contributed by atoms with Gasteiger partial charge >= 0.3 is 0 Å². The lowest BCUT2D eigenvalue weighted by molar-refractivity contribution is -0.255. The van der Waals surface area contributed by atoms with Crippen molar-refractivity contribution in [2.24, 2.45) is 0 Å². The maximum Gasteiger partial charge on any atom is 0.266 e. The van der Waals surface area contributed by atoms with Crippen molar-refractivity contribution in [2.75, 3.05) is 12.4 Å². The summed E-state index contributed by atoms with van der Waals surface area (Å²) in [7, 11) is 1.50. The van der Waals surface area contributed by atoms with Crippen molar-refractivity contribution in [3.05, 3.63) is 94.6 Å². The molecule has 7 heteroatoms. The van der Waals surface area contributed by atoms with E-state index < -0.39 is 11.9 Å². The number of aryl methyl sites for hydroxylation is 1.